The molecule has 8 heteroatoms. The lowest BCUT2D eigenvalue weighted by atomic mass is 10.2. The Morgan fingerprint density at radius 1 is 1.33 bits per heavy atom. The van der Waals surface area contributed by atoms with E-state index in [9.17, 15) is 4.79 Å². The van der Waals surface area contributed by atoms with Crippen LogP contribution in [0.4, 0.5) is 10.9 Å². The molecule has 0 aromatic carbocycles. The molecule has 2 aromatic heterocycles. The van der Waals surface area contributed by atoms with Gasteiger partial charge < -0.3 is 10.2 Å². The number of hydrogen-bond donors (Lipinski definition) is 1. The summed E-state index contributed by atoms with van der Waals surface area (Å²) in [6.45, 7) is 5.00. The fourth-order valence-corrected chi connectivity index (χ4v) is 3.19. The molecule has 0 spiro atoms. The van der Waals surface area contributed by atoms with Gasteiger partial charge in [0.25, 0.3) is 0 Å². The van der Waals surface area contributed by atoms with Gasteiger partial charge in [-0.3, -0.25) is 9.69 Å². The molecule has 1 atom stereocenters. The fraction of sp³-hybridized carbons (Fsp3) is 0.375. The lowest BCUT2D eigenvalue weighted by molar-refractivity contribution is -0.120. The van der Waals surface area contributed by atoms with Crippen LogP contribution in [0.25, 0.3) is 0 Å². The topological polar surface area (TPSA) is 85.2 Å². The van der Waals surface area contributed by atoms with Gasteiger partial charge in [0.2, 0.25) is 5.91 Å². The number of nitrogens with zero attached hydrogens (tertiary/aromatic N) is 5. The van der Waals surface area contributed by atoms with E-state index in [0.717, 1.165) is 32.0 Å². The minimum Gasteiger partial charge on any atom is -0.354 e. The van der Waals surface area contributed by atoms with Crippen LogP contribution in [-0.2, 0) is 4.79 Å². The lowest BCUT2D eigenvalue weighted by Crippen LogP contribution is -2.53. The van der Waals surface area contributed by atoms with Gasteiger partial charge in [0.1, 0.15) is 5.82 Å². The van der Waals surface area contributed by atoms with E-state index in [1.807, 2.05) is 12.3 Å². The van der Waals surface area contributed by atoms with Gasteiger partial charge in [-0.2, -0.15) is 5.26 Å². The first-order chi connectivity index (χ1) is 11.7. The Bertz CT molecular complexity index is 733. The normalized spacial score (nSPS) is 16.4. The molecule has 3 heterocycles. The zero-order valence-electron chi connectivity index (χ0n) is 13.3. The number of pyridine rings is 1. The predicted molar refractivity (Wildman–Crippen MR) is 92.9 cm³/mol. The number of piperazine rings is 1. The van der Waals surface area contributed by atoms with Crippen molar-refractivity contribution in [3.05, 3.63) is 35.5 Å². The third-order valence-electron chi connectivity index (χ3n) is 4.10. The van der Waals surface area contributed by atoms with Gasteiger partial charge >= 0.3 is 0 Å². The molecular weight excluding hydrogens is 324 g/mol. The van der Waals surface area contributed by atoms with Crippen molar-refractivity contribution in [1.29, 1.82) is 5.26 Å². The molecule has 24 heavy (non-hydrogen) atoms. The Kier molecular flexibility index (Phi) is 5.03. The van der Waals surface area contributed by atoms with Crippen molar-refractivity contribution in [2.45, 2.75) is 13.0 Å². The van der Waals surface area contributed by atoms with E-state index in [2.05, 4.69) is 31.2 Å². The number of thiazole rings is 1. The number of rotatable bonds is 4. The molecule has 124 valence electrons. The zero-order chi connectivity index (χ0) is 16.9. The van der Waals surface area contributed by atoms with Crippen LogP contribution in [0.15, 0.2) is 29.9 Å². The summed E-state index contributed by atoms with van der Waals surface area (Å²) in [4.78, 5) is 25.0. The van der Waals surface area contributed by atoms with Crippen LogP contribution < -0.4 is 10.2 Å². The summed E-state index contributed by atoms with van der Waals surface area (Å²) in [6, 6.07) is 5.42. The molecule has 1 fully saturated rings. The van der Waals surface area contributed by atoms with Crippen molar-refractivity contribution < 1.29 is 4.79 Å². The third kappa shape index (κ3) is 3.69. The molecule has 0 bridgehead atoms. The summed E-state index contributed by atoms with van der Waals surface area (Å²) in [5.74, 6) is 0.775. The van der Waals surface area contributed by atoms with Crippen molar-refractivity contribution in [2.75, 3.05) is 36.4 Å². The number of hydrogen-bond acceptors (Lipinski definition) is 7. The number of nitriles is 1. The van der Waals surface area contributed by atoms with Crippen LogP contribution >= 0.6 is 11.3 Å². The molecule has 7 nitrogen and oxygen atoms in total. The van der Waals surface area contributed by atoms with Crippen LogP contribution in [0.2, 0.25) is 0 Å². The smallest absolute Gasteiger partial charge is 0.243 e. The summed E-state index contributed by atoms with van der Waals surface area (Å²) >= 11 is 1.41. The number of anilines is 2. The van der Waals surface area contributed by atoms with Crippen molar-refractivity contribution in [1.82, 2.24) is 14.9 Å². The maximum atomic E-state index is 12.3. The molecular formula is C16H18N6OS. The summed E-state index contributed by atoms with van der Waals surface area (Å²) in [6.07, 6.45) is 3.33. The predicted octanol–water partition coefficient (Wildman–Crippen LogP) is 1.56. The molecule has 3 rings (SSSR count). The molecule has 0 unspecified atom stereocenters. The van der Waals surface area contributed by atoms with E-state index in [0.29, 0.717) is 10.7 Å². The van der Waals surface area contributed by atoms with Crippen LogP contribution in [0.3, 0.4) is 0 Å². The van der Waals surface area contributed by atoms with Crippen molar-refractivity contribution in [2.24, 2.45) is 0 Å². The monoisotopic (exact) mass is 342 g/mol. The van der Waals surface area contributed by atoms with E-state index in [4.69, 9.17) is 5.26 Å². The second kappa shape index (κ2) is 7.38. The summed E-state index contributed by atoms with van der Waals surface area (Å²) in [5.41, 5.74) is 0.610. The molecule has 1 N–H and O–H groups in total. The number of carbonyl (C=O) groups excluding carboxylic acids is 1. The standard InChI is InChI=1S/C16H18N6OS/c1-12(15(23)20-16-19-4-9-24-16)21-5-7-22(8-6-21)14-10-13(11-17)2-3-18-14/h2-4,9-10,12H,5-8H2,1H3,(H,19,20,23)/t12-/m1/s1. The SMILES string of the molecule is C[C@H](C(=O)Nc1nccs1)N1CCN(c2cc(C#N)ccn2)CC1. The fourth-order valence-electron chi connectivity index (χ4n) is 2.66. The largest absolute Gasteiger partial charge is 0.354 e. The van der Waals surface area contributed by atoms with E-state index in [-0.39, 0.29) is 11.9 Å². The Morgan fingerprint density at radius 3 is 2.79 bits per heavy atom. The summed E-state index contributed by atoms with van der Waals surface area (Å²) in [7, 11) is 0. The molecule has 0 aliphatic carbocycles. The second-order valence-electron chi connectivity index (χ2n) is 5.54. The molecule has 1 saturated heterocycles. The minimum atomic E-state index is -0.213. The highest BCUT2D eigenvalue weighted by Crippen LogP contribution is 2.17. The molecule has 0 radical (unpaired) electrons. The Labute approximate surface area is 144 Å². The van der Waals surface area contributed by atoms with Gasteiger partial charge in [0, 0.05) is 44.0 Å². The lowest BCUT2D eigenvalue weighted by Gasteiger charge is -2.37. The minimum absolute atomic E-state index is 0.0389. The first-order valence-electron chi connectivity index (χ1n) is 7.73. The molecule has 2 aromatic rings. The summed E-state index contributed by atoms with van der Waals surface area (Å²) < 4.78 is 0. The maximum Gasteiger partial charge on any atom is 0.243 e. The average Bonchev–Trinajstić information content (AvgIpc) is 3.14. The second-order valence-corrected chi connectivity index (χ2v) is 6.43. The quantitative estimate of drug-likeness (QED) is 0.907. The molecule has 1 aliphatic heterocycles. The molecule has 1 aliphatic rings. The number of aromatic nitrogens is 2. The third-order valence-corrected chi connectivity index (χ3v) is 4.79. The van der Waals surface area contributed by atoms with Crippen molar-refractivity contribution in [3.8, 4) is 6.07 Å². The first kappa shape index (κ1) is 16.4. The maximum absolute atomic E-state index is 12.3. The highest BCUT2D eigenvalue weighted by molar-refractivity contribution is 7.13. The van der Waals surface area contributed by atoms with E-state index in [1.165, 1.54) is 11.3 Å². The number of carbonyl (C=O) groups is 1. The van der Waals surface area contributed by atoms with Gasteiger partial charge in [-0.1, -0.05) is 0 Å². The number of amides is 1. The van der Waals surface area contributed by atoms with Gasteiger partial charge in [0.15, 0.2) is 5.13 Å². The Morgan fingerprint density at radius 2 is 2.12 bits per heavy atom. The van der Waals surface area contributed by atoms with Gasteiger partial charge in [-0.25, -0.2) is 9.97 Å². The van der Waals surface area contributed by atoms with Crippen LogP contribution in [0.5, 0.6) is 0 Å². The van der Waals surface area contributed by atoms with Crippen LogP contribution in [-0.4, -0.2) is 53.0 Å². The Hall–Kier alpha value is -2.50. The highest BCUT2D eigenvalue weighted by Gasteiger charge is 2.26. The van der Waals surface area contributed by atoms with Gasteiger partial charge in [-0.05, 0) is 19.1 Å². The van der Waals surface area contributed by atoms with Gasteiger partial charge in [0.05, 0.1) is 17.7 Å². The van der Waals surface area contributed by atoms with Crippen LogP contribution in [0, 0.1) is 11.3 Å². The summed E-state index contributed by atoms with van der Waals surface area (Å²) in [5, 5.41) is 14.3. The first-order valence-corrected chi connectivity index (χ1v) is 8.61. The average molecular weight is 342 g/mol. The van der Waals surface area contributed by atoms with Crippen molar-refractivity contribution >= 4 is 28.2 Å². The van der Waals surface area contributed by atoms with E-state index >= 15 is 0 Å². The highest BCUT2D eigenvalue weighted by atomic mass is 32.1. The Balaban J connectivity index is 1.56. The van der Waals surface area contributed by atoms with E-state index < -0.39 is 0 Å². The number of nitrogens with one attached hydrogen (secondary N) is 1. The van der Waals surface area contributed by atoms with E-state index in [1.54, 1.807) is 24.5 Å². The van der Waals surface area contributed by atoms with Crippen LogP contribution in [0.1, 0.15) is 12.5 Å². The van der Waals surface area contributed by atoms with Crippen molar-refractivity contribution in [3.63, 3.8) is 0 Å². The van der Waals surface area contributed by atoms with Gasteiger partial charge in [-0.15, -0.1) is 11.3 Å². The molecule has 0 saturated carbocycles. The molecule has 1 amide bonds. The zero-order valence-corrected chi connectivity index (χ0v) is 14.2.